The molecule has 0 saturated carbocycles. The summed E-state index contributed by atoms with van der Waals surface area (Å²) in [5, 5.41) is 12.0. The Morgan fingerprint density at radius 3 is 2.69 bits per heavy atom. The fraction of sp³-hybridized carbons (Fsp3) is 0.700. The first-order valence-corrected chi connectivity index (χ1v) is 5.83. The molecule has 1 amide bonds. The first-order chi connectivity index (χ1) is 7.40. The minimum absolute atomic E-state index is 0.0359. The van der Waals surface area contributed by atoms with Crippen LogP contribution in [0.15, 0.2) is 0 Å². The van der Waals surface area contributed by atoms with Crippen molar-refractivity contribution in [3.8, 4) is 0 Å². The van der Waals surface area contributed by atoms with Crippen molar-refractivity contribution in [2.45, 2.75) is 27.2 Å². The number of carbonyl (C=O) groups is 1. The van der Waals surface area contributed by atoms with Gasteiger partial charge in [0.2, 0.25) is 5.13 Å². The molecule has 0 fully saturated rings. The van der Waals surface area contributed by atoms with Gasteiger partial charge in [-0.3, -0.25) is 10.1 Å². The van der Waals surface area contributed by atoms with Crippen LogP contribution in [-0.4, -0.2) is 29.8 Å². The van der Waals surface area contributed by atoms with E-state index < -0.39 is 0 Å². The maximum Gasteiger partial charge on any atom is 0.252 e. The Bertz CT molecular complexity index is 357. The molecule has 1 aromatic rings. The standard InChI is InChI=1S/C10H17N3O2S/c1-10(2,3)5-8-12-13-9(16-8)11-7(14)6-15-4/h5-6H2,1-4H3,(H,11,13,14). The summed E-state index contributed by atoms with van der Waals surface area (Å²) in [6.45, 7) is 6.45. The van der Waals surface area contributed by atoms with Crippen molar-refractivity contribution < 1.29 is 9.53 Å². The molecule has 5 nitrogen and oxygen atoms in total. The fourth-order valence-corrected chi connectivity index (χ4v) is 2.17. The lowest BCUT2D eigenvalue weighted by molar-refractivity contribution is -0.119. The summed E-state index contributed by atoms with van der Waals surface area (Å²) >= 11 is 1.40. The number of methoxy groups -OCH3 is 1. The fourth-order valence-electron chi connectivity index (χ4n) is 1.12. The Kier molecular flexibility index (Phi) is 4.37. The summed E-state index contributed by atoms with van der Waals surface area (Å²) in [7, 11) is 1.48. The number of nitrogens with zero attached hydrogens (tertiary/aromatic N) is 2. The molecular weight excluding hydrogens is 226 g/mol. The third-order valence-electron chi connectivity index (χ3n) is 1.67. The van der Waals surface area contributed by atoms with Gasteiger partial charge in [0.05, 0.1) is 0 Å². The van der Waals surface area contributed by atoms with Gasteiger partial charge < -0.3 is 4.74 Å². The second-order valence-corrected chi connectivity index (χ2v) is 5.78. The third kappa shape index (κ3) is 4.67. The zero-order chi connectivity index (χ0) is 12.2. The van der Waals surface area contributed by atoms with Crippen molar-refractivity contribution in [3.05, 3.63) is 5.01 Å². The van der Waals surface area contributed by atoms with Crippen LogP contribution in [0.4, 0.5) is 5.13 Å². The molecule has 6 heteroatoms. The highest BCUT2D eigenvalue weighted by Gasteiger charge is 2.15. The monoisotopic (exact) mass is 243 g/mol. The molecule has 0 spiro atoms. The molecular formula is C10H17N3O2S. The van der Waals surface area contributed by atoms with Crippen LogP contribution in [0.5, 0.6) is 0 Å². The molecule has 0 aliphatic heterocycles. The van der Waals surface area contributed by atoms with Crippen LogP contribution in [0, 0.1) is 5.41 Å². The minimum atomic E-state index is -0.207. The minimum Gasteiger partial charge on any atom is -0.375 e. The molecule has 1 N–H and O–H groups in total. The third-order valence-corrected chi connectivity index (χ3v) is 2.51. The van der Waals surface area contributed by atoms with Gasteiger partial charge >= 0.3 is 0 Å². The van der Waals surface area contributed by atoms with Crippen molar-refractivity contribution in [1.29, 1.82) is 0 Å². The Morgan fingerprint density at radius 1 is 1.44 bits per heavy atom. The number of nitrogens with one attached hydrogen (secondary N) is 1. The molecule has 0 bridgehead atoms. The quantitative estimate of drug-likeness (QED) is 0.874. The molecule has 1 aromatic heterocycles. The summed E-state index contributed by atoms with van der Waals surface area (Å²) in [6.07, 6.45) is 0.852. The van der Waals surface area contributed by atoms with E-state index in [1.807, 2.05) is 0 Å². The van der Waals surface area contributed by atoms with Crippen LogP contribution in [0.2, 0.25) is 0 Å². The first kappa shape index (κ1) is 13.1. The number of ether oxygens (including phenoxy) is 1. The number of anilines is 1. The number of rotatable bonds is 4. The summed E-state index contributed by atoms with van der Waals surface area (Å²) in [5.74, 6) is -0.207. The van der Waals surface area contributed by atoms with Crippen LogP contribution < -0.4 is 5.32 Å². The van der Waals surface area contributed by atoms with Gasteiger partial charge in [-0.05, 0) is 5.41 Å². The molecule has 0 radical (unpaired) electrons. The van der Waals surface area contributed by atoms with Gasteiger partial charge in [-0.1, -0.05) is 32.1 Å². The molecule has 90 valence electrons. The zero-order valence-electron chi connectivity index (χ0n) is 10.0. The highest BCUT2D eigenvalue weighted by molar-refractivity contribution is 7.15. The van der Waals surface area contributed by atoms with Crippen LogP contribution in [-0.2, 0) is 16.0 Å². The van der Waals surface area contributed by atoms with Crippen molar-refractivity contribution in [3.63, 3.8) is 0 Å². The Balaban J connectivity index is 2.55. The number of amides is 1. The largest absolute Gasteiger partial charge is 0.375 e. The predicted molar refractivity (Wildman–Crippen MR) is 63.6 cm³/mol. The Labute approximate surface area is 99.2 Å². The van der Waals surface area contributed by atoms with E-state index in [-0.39, 0.29) is 17.9 Å². The van der Waals surface area contributed by atoms with E-state index in [2.05, 4.69) is 36.3 Å². The van der Waals surface area contributed by atoms with E-state index in [4.69, 9.17) is 4.74 Å². The predicted octanol–water partition coefficient (Wildman–Crippen LogP) is 1.71. The number of aromatic nitrogens is 2. The van der Waals surface area contributed by atoms with Crippen molar-refractivity contribution in [1.82, 2.24) is 10.2 Å². The van der Waals surface area contributed by atoms with Crippen molar-refractivity contribution >= 4 is 22.4 Å². The summed E-state index contributed by atoms with van der Waals surface area (Å²) < 4.78 is 4.71. The summed E-state index contributed by atoms with van der Waals surface area (Å²) in [4.78, 5) is 11.2. The molecule has 0 unspecified atom stereocenters. The number of hydrogen-bond acceptors (Lipinski definition) is 5. The molecule has 0 saturated heterocycles. The molecule has 1 heterocycles. The van der Waals surface area contributed by atoms with Gasteiger partial charge in [0.15, 0.2) is 0 Å². The lowest BCUT2D eigenvalue weighted by atomic mass is 9.93. The van der Waals surface area contributed by atoms with Crippen LogP contribution in [0.3, 0.4) is 0 Å². The second kappa shape index (κ2) is 5.36. The van der Waals surface area contributed by atoms with E-state index in [0.29, 0.717) is 5.13 Å². The molecule has 0 aliphatic rings. The maximum absolute atomic E-state index is 11.2. The number of hydrogen-bond donors (Lipinski definition) is 1. The Hall–Kier alpha value is -1.01. The smallest absolute Gasteiger partial charge is 0.252 e. The highest BCUT2D eigenvalue weighted by Crippen LogP contribution is 2.24. The van der Waals surface area contributed by atoms with E-state index >= 15 is 0 Å². The van der Waals surface area contributed by atoms with Crippen LogP contribution in [0.25, 0.3) is 0 Å². The van der Waals surface area contributed by atoms with Crippen LogP contribution in [0.1, 0.15) is 25.8 Å². The lowest BCUT2D eigenvalue weighted by Crippen LogP contribution is -2.16. The summed E-state index contributed by atoms with van der Waals surface area (Å²) in [6, 6.07) is 0. The highest BCUT2D eigenvalue weighted by atomic mass is 32.1. The molecule has 16 heavy (non-hydrogen) atoms. The maximum atomic E-state index is 11.2. The Morgan fingerprint density at radius 2 is 2.12 bits per heavy atom. The topological polar surface area (TPSA) is 64.1 Å². The molecule has 0 aromatic carbocycles. The first-order valence-electron chi connectivity index (χ1n) is 5.02. The van der Waals surface area contributed by atoms with E-state index in [1.165, 1.54) is 18.4 Å². The van der Waals surface area contributed by atoms with Crippen molar-refractivity contribution in [2.24, 2.45) is 5.41 Å². The van der Waals surface area contributed by atoms with Crippen molar-refractivity contribution in [2.75, 3.05) is 19.0 Å². The lowest BCUT2D eigenvalue weighted by Gasteiger charge is -2.14. The zero-order valence-corrected chi connectivity index (χ0v) is 10.8. The van der Waals surface area contributed by atoms with E-state index in [1.54, 1.807) is 0 Å². The normalized spacial score (nSPS) is 11.5. The van der Waals surface area contributed by atoms with Gasteiger partial charge in [0.1, 0.15) is 11.6 Å². The SMILES string of the molecule is COCC(=O)Nc1nnc(CC(C)(C)C)s1. The van der Waals surface area contributed by atoms with E-state index in [9.17, 15) is 4.79 Å². The van der Waals surface area contributed by atoms with Crippen LogP contribution >= 0.6 is 11.3 Å². The molecule has 0 atom stereocenters. The summed E-state index contributed by atoms with van der Waals surface area (Å²) in [5.41, 5.74) is 0.174. The molecule has 1 rings (SSSR count). The van der Waals surface area contributed by atoms with Gasteiger partial charge in [-0.15, -0.1) is 10.2 Å². The second-order valence-electron chi connectivity index (χ2n) is 4.72. The van der Waals surface area contributed by atoms with Gasteiger partial charge in [-0.2, -0.15) is 0 Å². The van der Waals surface area contributed by atoms with Gasteiger partial charge in [-0.25, -0.2) is 0 Å². The average molecular weight is 243 g/mol. The number of carbonyl (C=O) groups excluding carboxylic acids is 1. The van der Waals surface area contributed by atoms with Gasteiger partial charge in [0, 0.05) is 13.5 Å². The van der Waals surface area contributed by atoms with E-state index in [0.717, 1.165) is 11.4 Å². The molecule has 0 aliphatic carbocycles. The average Bonchev–Trinajstić information content (AvgIpc) is 2.49. The van der Waals surface area contributed by atoms with Gasteiger partial charge in [0.25, 0.3) is 5.91 Å².